The molecule has 6 nitrogen and oxygen atoms in total. The maximum absolute atomic E-state index is 11.9. The second kappa shape index (κ2) is 5.81. The Hall–Kier alpha value is -2.34. The maximum atomic E-state index is 11.9. The Morgan fingerprint density at radius 3 is 2.64 bits per heavy atom. The van der Waals surface area contributed by atoms with Crippen LogP contribution in [-0.4, -0.2) is 34.2 Å². The quantitative estimate of drug-likeness (QED) is 0.778. The van der Waals surface area contributed by atoms with Crippen molar-refractivity contribution in [1.29, 1.82) is 0 Å². The summed E-state index contributed by atoms with van der Waals surface area (Å²) in [6, 6.07) is 3.86. The predicted molar refractivity (Wildman–Crippen MR) is 80.7 cm³/mol. The van der Waals surface area contributed by atoms with Gasteiger partial charge >= 0.3 is 5.97 Å². The van der Waals surface area contributed by atoms with Gasteiger partial charge in [-0.1, -0.05) is 12.1 Å². The van der Waals surface area contributed by atoms with Crippen LogP contribution in [0.25, 0.3) is 11.0 Å². The molecule has 0 bridgehead atoms. The SMILES string of the molecule is Cc1ccc2c(CC(=O)NCC(C)(O)C(=O)O)coc2c1C. The van der Waals surface area contributed by atoms with E-state index in [2.05, 4.69) is 5.32 Å². The highest BCUT2D eigenvalue weighted by Gasteiger charge is 2.30. The number of fused-ring (bicyclic) bond motifs is 1. The number of carbonyl (C=O) groups is 2. The van der Waals surface area contributed by atoms with Gasteiger partial charge in [-0.25, -0.2) is 4.79 Å². The number of nitrogens with one attached hydrogen (secondary N) is 1. The Balaban J connectivity index is 2.10. The summed E-state index contributed by atoms with van der Waals surface area (Å²) in [7, 11) is 0. The average Bonchev–Trinajstić information content (AvgIpc) is 2.84. The first-order valence-corrected chi connectivity index (χ1v) is 6.91. The van der Waals surface area contributed by atoms with Gasteiger partial charge in [0.1, 0.15) is 5.58 Å². The first-order chi connectivity index (χ1) is 10.2. The maximum Gasteiger partial charge on any atom is 0.337 e. The highest BCUT2D eigenvalue weighted by Crippen LogP contribution is 2.26. The number of aryl methyl sites for hydroxylation is 2. The van der Waals surface area contributed by atoms with Crippen LogP contribution in [0.1, 0.15) is 23.6 Å². The van der Waals surface area contributed by atoms with Gasteiger partial charge in [-0.15, -0.1) is 0 Å². The van der Waals surface area contributed by atoms with Crippen LogP contribution in [0, 0.1) is 13.8 Å². The molecular weight excluding hydrogens is 286 g/mol. The summed E-state index contributed by atoms with van der Waals surface area (Å²) in [5, 5.41) is 21.7. The lowest BCUT2D eigenvalue weighted by atomic mass is 10.0. The minimum atomic E-state index is -1.98. The third-order valence-electron chi connectivity index (χ3n) is 3.78. The normalized spacial score (nSPS) is 13.8. The molecule has 1 amide bonds. The third-order valence-corrected chi connectivity index (χ3v) is 3.78. The standard InChI is InChI=1S/C16H19NO5/c1-9-4-5-12-11(7-22-14(12)10(9)2)6-13(18)17-8-16(3,21)15(19)20/h4-5,7,21H,6,8H2,1-3H3,(H,17,18)(H,19,20). The fraction of sp³-hybridized carbons (Fsp3) is 0.375. The average molecular weight is 305 g/mol. The van der Waals surface area contributed by atoms with Crippen LogP contribution >= 0.6 is 0 Å². The molecule has 1 aromatic carbocycles. The summed E-state index contributed by atoms with van der Waals surface area (Å²) >= 11 is 0. The van der Waals surface area contributed by atoms with Gasteiger partial charge in [-0.2, -0.15) is 0 Å². The largest absolute Gasteiger partial charge is 0.479 e. The highest BCUT2D eigenvalue weighted by atomic mass is 16.4. The fourth-order valence-electron chi connectivity index (χ4n) is 2.11. The minimum absolute atomic E-state index is 0.0607. The van der Waals surface area contributed by atoms with E-state index in [1.165, 1.54) is 6.26 Å². The number of carboxylic acid groups (broad SMARTS) is 1. The molecule has 6 heteroatoms. The van der Waals surface area contributed by atoms with Gasteiger partial charge in [-0.05, 0) is 31.9 Å². The lowest BCUT2D eigenvalue weighted by molar-refractivity contribution is -0.156. The molecule has 0 aliphatic carbocycles. The number of hydrogen-bond acceptors (Lipinski definition) is 4. The zero-order valence-electron chi connectivity index (χ0n) is 12.8. The van der Waals surface area contributed by atoms with Crippen LogP contribution in [0.3, 0.4) is 0 Å². The molecule has 0 fully saturated rings. The van der Waals surface area contributed by atoms with E-state index in [1.54, 1.807) is 0 Å². The Morgan fingerprint density at radius 2 is 2.00 bits per heavy atom. The minimum Gasteiger partial charge on any atom is -0.479 e. The number of aliphatic hydroxyl groups is 1. The van der Waals surface area contributed by atoms with E-state index in [9.17, 15) is 14.7 Å². The molecule has 0 aliphatic heterocycles. The van der Waals surface area contributed by atoms with Crippen LogP contribution in [0.5, 0.6) is 0 Å². The van der Waals surface area contributed by atoms with E-state index in [0.717, 1.165) is 34.6 Å². The Bertz CT molecular complexity index is 729. The van der Waals surface area contributed by atoms with Crippen LogP contribution < -0.4 is 5.32 Å². The van der Waals surface area contributed by atoms with Gasteiger partial charge in [0.25, 0.3) is 0 Å². The molecule has 1 atom stereocenters. The van der Waals surface area contributed by atoms with E-state index in [4.69, 9.17) is 9.52 Å². The summed E-state index contributed by atoms with van der Waals surface area (Å²) in [5.74, 6) is -1.75. The van der Waals surface area contributed by atoms with Gasteiger partial charge < -0.3 is 19.9 Å². The zero-order valence-corrected chi connectivity index (χ0v) is 12.8. The van der Waals surface area contributed by atoms with E-state index >= 15 is 0 Å². The van der Waals surface area contributed by atoms with Crippen LogP contribution in [0.15, 0.2) is 22.8 Å². The first kappa shape index (κ1) is 16.0. The monoisotopic (exact) mass is 305 g/mol. The number of benzene rings is 1. The van der Waals surface area contributed by atoms with Gasteiger partial charge in [0.15, 0.2) is 5.60 Å². The predicted octanol–water partition coefficient (Wildman–Crippen LogP) is 1.54. The molecule has 22 heavy (non-hydrogen) atoms. The van der Waals surface area contributed by atoms with Gasteiger partial charge in [0.05, 0.1) is 19.2 Å². The van der Waals surface area contributed by atoms with Crippen LogP contribution in [0.2, 0.25) is 0 Å². The molecule has 1 heterocycles. The van der Waals surface area contributed by atoms with E-state index in [0.29, 0.717) is 0 Å². The summed E-state index contributed by atoms with van der Waals surface area (Å²) in [4.78, 5) is 22.7. The Labute approximate surface area is 127 Å². The topological polar surface area (TPSA) is 99.8 Å². The van der Waals surface area contributed by atoms with E-state index < -0.39 is 11.6 Å². The third kappa shape index (κ3) is 3.12. The molecule has 118 valence electrons. The summed E-state index contributed by atoms with van der Waals surface area (Å²) in [6.07, 6.45) is 1.59. The number of hydrogen-bond donors (Lipinski definition) is 3. The molecule has 1 aromatic heterocycles. The molecule has 0 radical (unpaired) electrons. The lowest BCUT2D eigenvalue weighted by Crippen LogP contribution is -2.46. The lowest BCUT2D eigenvalue weighted by Gasteiger charge is -2.18. The van der Waals surface area contributed by atoms with Crippen molar-refractivity contribution in [3.8, 4) is 0 Å². The van der Waals surface area contributed by atoms with Gasteiger partial charge in [0.2, 0.25) is 5.91 Å². The number of aliphatic carboxylic acids is 1. The number of rotatable bonds is 5. The number of amides is 1. The second-order valence-electron chi connectivity index (χ2n) is 5.68. The first-order valence-electron chi connectivity index (χ1n) is 6.91. The van der Waals surface area contributed by atoms with Gasteiger partial charge in [0, 0.05) is 10.9 Å². The van der Waals surface area contributed by atoms with Crippen molar-refractivity contribution in [2.75, 3.05) is 6.54 Å². The van der Waals surface area contributed by atoms with Crippen molar-refractivity contribution in [2.24, 2.45) is 0 Å². The van der Waals surface area contributed by atoms with Crippen molar-refractivity contribution in [3.05, 3.63) is 35.1 Å². The van der Waals surface area contributed by atoms with Crippen LogP contribution in [-0.2, 0) is 16.0 Å². The molecule has 2 rings (SSSR count). The van der Waals surface area contributed by atoms with Crippen molar-refractivity contribution in [1.82, 2.24) is 5.32 Å². The van der Waals surface area contributed by atoms with Crippen LogP contribution in [0.4, 0.5) is 0 Å². The molecular formula is C16H19NO5. The number of carbonyl (C=O) groups excluding carboxylic acids is 1. The van der Waals surface area contributed by atoms with Crippen molar-refractivity contribution >= 4 is 22.8 Å². The number of furan rings is 1. The Kier molecular flexibility index (Phi) is 4.23. The smallest absolute Gasteiger partial charge is 0.337 e. The highest BCUT2D eigenvalue weighted by molar-refractivity contribution is 5.90. The molecule has 0 spiro atoms. The molecule has 0 saturated carbocycles. The summed E-state index contributed by atoms with van der Waals surface area (Å²) in [5.41, 5.74) is 1.63. The fourth-order valence-corrected chi connectivity index (χ4v) is 2.11. The molecule has 2 aromatic rings. The molecule has 0 saturated heterocycles. The molecule has 0 aliphatic rings. The molecule has 1 unspecified atom stereocenters. The van der Waals surface area contributed by atoms with Crippen molar-refractivity contribution < 1.29 is 24.2 Å². The van der Waals surface area contributed by atoms with E-state index in [-0.39, 0.29) is 18.9 Å². The van der Waals surface area contributed by atoms with Gasteiger partial charge in [-0.3, -0.25) is 4.79 Å². The van der Waals surface area contributed by atoms with Crippen molar-refractivity contribution in [2.45, 2.75) is 32.8 Å². The molecule has 3 N–H and O–H groups in total. The summed E-state index contributed by atoms with van der Waals surface area (Å²) < 4.78 is 5.52. The Morgan fingerprint density at radius 1 is 1.32 bits per heavy atom. The van der Waals surface area contributed by atoms with E-state index in [1.807, 2.05) is 26.0 Å². The zero-order chi connectivity index (χ0) is 16.5. The van der Waals surface area contributed by atoms with Crippen molar-refractivity contribution in [3.63, 3.8) is 0 Å². The summed E-state index contributed by atoms with van der Waals surface area (Å²) in [6.45, 7) is 4.72. The second-order valence-corrected chi connectivity index (χ2v) is 5.68. The number of carboxylic acids is 1.